The fraction of sp³-hybridized carbons (Fsp3) is 0.160. The van der Waals surface area contributed by atoms with Crippen LogP contribution in [-0.2, 0) is 11.2 Å². The lowest BCUT2D eigenvalue weighted by atomic mass is 9.98. The highest BCUT2D eigenvalue weighted by atomic mass is 35.5. The summed E-state index contributed by atoms with van der Waals surface area (Å²) in [6, 6.07) is 13.6. The van der Waals surface area contributed by atoms with Gasteiger partial charge in [0.2, 0.25) is 5.91 Å². The molecule has 2 aromatic heterocycles. The molecule has 166 valence electrons. The van der Waals surface area contributed by atoms with Gasteiger partial charge in [0.1, 0.15) is 17.5 Å². The summed E-state index contributed by atoms with van der Waals surface area (Å²) in [7, 11) is 0. The Labute approximate surface area is 194 Å². The van der Waals surface area contributed by atoms with E-state index >= 15 is 0 Å². The van der Waals surface area contributed by atoms with Crippen molar-refractivity contribution in [2.75, 3.05) is 0 Å². The van der Waals surface area contributed by atoms with E-state index in [1.165, 1.54) is 11.0 Å². The number of nitrogens with two attached hydrogens (primary N) is 1. The monoisotopic (exact) mass is 462 g/mol. The topological polar surface area (TPSA) is 80.7 Å². The molecule has 1 aliphatic rings. The zero-order valence-electron chi connectivity index (χ0n) is 17.5. The molecule has 8 heteroatoms. The molecule has 0 spiro atoms. The minimum Gasteiger partial charge on any atom is -0.368 e. The first-order chi connectivity index (χ1) is 16.0. The van der Waals surface area contributed by atoms with Gasteiger partial charge in [-0.25, -0.2) is 9.37 Å². The molecule has 2 atom stereocenters. The van der Waals surface area contributed by atoms with Crippen molar-refractivity contribution in [3.63, 3.8) is 0 Å². The molecule has 6 nitrogen and oxygen atoms in total. The zero-order chi connectivity index (χ0) is 23.1. The summed E-state index contributed by atoms with van der Waals surface area (Å²) < 4.78 is 16.4. The highest BCUT2D eigenvalue weighted by molar-refractivity contribution is 6.30. The minimum absolute atomic E-state index is 0.233. The maximum Gasteiger partial charge on any atom is 0.259 e. The molecule has 4 aromatic rings. The second kappa shape index (κ2) is 8.33. The number of carbonyl (C=O) groups excluding carboxylic acids is 2. The van der Waals surface area contributed by atoms with Crippen LogP contribution >= 0.6 is 11.6 Å². The van der Waals surface area contributed by atoms with Gasteiger partial charge in [-0.1, -0.05) is 41.9 Å². The van der Waals surface area contributed by atoms with E-state index < -0.39 is 29.7 Å². The third-order valence-corrected chi connectivity index (χ3v) is 6.32. The van der Waals surface area contributed by atoms with Gasteiger partial charge in [-0.3, -0.25) is 9.59 Å². The number of primary amides is 1. The van der Waals surface area contributed by atoms with Crippen LogP contribution < -0.4 is 5.73 Å². The molecule has 0 aliphatic heterocycles. The van der Waals surface area contributed by atoms with Crippen molar-refractivity contribution < 1.29 is 14.0 Å². The lowest BCUT2D eigenvalue weighted by Gasteiger charge is -2.36. The molecule has 0 fully saturated rings. The van der Waals surface area contributed by atoms with Crippen molar-refractivity contribution in [2.45, 2.75) is 24.9 Å². The SMILES string of the molecule is NC(=O)C(c1ccccc1)N(C(=O)c1cccn2ccnc12)C1CCc2c(F)cc(Cl)cc21. The molecule has 2 amide bonds. The number of pyridine rings is 1. The molecule has 33 heavy (non-hydrogen) atoms. The number of amides is 2. The van der Waals surface area contributed by atoms with Gasteiger partial charge in [0.15, 0.2) is 0 Å². The zero-order valence-corrected chi connectivity index (χ0v) is 18.2. The molecular weight excluding hydrogens is 443 g/mol. The quantitative estimate of drug-likeness (QED) is 0.474. The number of fused-ring (bicyclic) bond motifs is 2. The van der Waals surface area contributed by atoms with E-state index in [-0.39, 0.29) is 5.02 Å². The molecule has 2 aromatic carbocycles. The van der Waals surface area contributed by atoms with E-state index in [4.69, 9.17) is 17.3 Å². The third kappa shape index (κ3) is 3.64. The molecule has 5 rings (SSSR count). The van der Waals surface area contributed by atoms with Crippen LogP contribution in [0, 0.1) is 5.82 Å². The van der Waals surface area contributed by atoms with E-state index in [0.29, 0.717) is 40.7 Å². The lowest BCUT2D eigenvalue weighted by molar-refractivity contribution is -0.123. The van der Waals surface area contributed by atoms with Crippen LogP contribution in [0.2, 0.25) is 5.02 Å². The Morgan fingerprint density at radius 1 is 1.15 bits per heavy atom. The summed E-state index contributed by atoms with van der Waals surface area (Å²) >= 11 is 6.17. The highest BCUT2D eigenvalue weighted by Crippen LogP contribution is 2.43. The van der Waals surface area contributed by atoms with E-state index in [2.05, 4.69) is 4.98 Å². The van der Waals surface area contributed by atoms with Crippen molar-refractivity contribution in [2.24, 2.45) is 5.73 Å². The molecule has 0 saturated heterocycles. The number of aromatic nitrogens is 2. The standard InChI is InChI=1S/C25H20ClFN4O2/c26-16-13-19-17(20(27)14-16)8-9-21(19)31(22(23(28)32)15-5-2-1-3-6-15)25(33)18-7-4-11-30-12-10-29-24(18)30/h1-7,10-14,21-22H,8-9H2,(H2,28,32). The van der Waals surface area contributed by atoms with Gasteiger partial charge < -0.3 is 15.0 Å². The van der Waals surface area contributed by atoms with Crippen molar-refractivity contribution >= 4 is 29.1 Å². The van der Waals surface area contributed by atoms with Crippen LogP contribution in [-0.4, -0.2) is 26.1 Å². The fourth-order valence-electron chi connectivity index (χ4n) is 4.70. The molecule has 0 saturated carbocycles. The number of nitrogens with zero attached hydrogens (tertiary/aromatic N) is 3. The Kier molecular flexibility index (Phi) is 5.34. The van der Waals surface area contributed by atoms with Gasteiger partial charge in [0.05, 0.1) is 11.6 Å². The van der Waals surface area contributed by atoms with Crippen molar-refractivity contribution in [1.82, 2.24) is 14.3 Å². The van der Waals surface area contributed by atoms with Gasteiger partial charge in [0.25, 0.3) is 5.91 Å². The van der Waals surface area contributed by atoms with Gasteiger partial charge in [-0.15, -0.1) is 0 Å². The Bertz CT molecular complexity index is 1370. The number of carbonyl (C=O) groups is 2. The van der Waals surface area contributed by atoms with E-state index in [1.807, 2.05) is 6.07 Å². The molecule has 2 heterocycles. The van der Waals surface area contributed by atoms with Crippen LogP contribution in [0.25, 0.3) is 5.65 Å². The first kappa shape index (κ1) is 21.2. The highest BCUT2D eigenvalue weighted by Gasteiger charge is 2.40. The second-order valence-corrected chi connectivity index (χ2v) is 8.45. The van der Waals surface area contributed by atoms with Gasteiger partial charge in [-0.2, -0.15) is 0 Å². The van der Waals surface area contributed by atoms with E-state index in [9.17, 15) is 14.0 Å². The summed E-state index contributed by atoms with van der Waals surface area (Å²) in [5.41, 5.74) is 8.31. The van der Waals surface area contributed by atoms with Crippen molar-refractivity contribution in [3.8, 4) is 0 Å². The predicted molar refractivity (Wildman–Crippen MR) is 122 cm³/mol. The third-order valence-electron chi connectivity index (χ3n) is 6.10. The van der Waals surface area contributed by atoms with Crippen LogP contribution in [0.1, 0.15) is 45.6 Å². The maximum absolute atomic E-state index is 14.7. The Hall–Kier alpha value is -3.71. The second-order valence-electron chi connectivity index (χ2n) is 8.02. The molecule has 2 unspecified atom stereocenters. The van der Waals surface area contributed by atoms with Crippen LogP contribution in [0.15, 0.2) is 73.2 Å². The molecular formula is C25H20ClFN4O2. The maximum atomic E-state index is 14.7. The lowest BCUT2D eigenvalue weighted by Crippen LogP contribution is -2.43. The number of hydrogen-bond acceptors (Lipinski definition) is 3. The Morgan fingerprint density at radius 3 is 2.70 bits per heavy atom. The van der Waals surface area contributed by atoms with Gasteiger partial charge in [-0.05, 0) is 53.8 Å². The number of hydrogen-bond donors (Lipinski definition) is 1. The summed E-state index contributed by atoms with van der Waals surface area (Å²) in [6.45, 7) is 0. The van der Waals surface area contributed by atoms with Gasteiger partial charge in [0, 0.05) is 23.6 Å². The molecule has 0 radical (unpaired) electrons. The minimum atomic E-state index is -1.06. The summed E-state index contributed by atoms with van der Waals surface area (Å²) in [4.78, 5) is 32.7. The normalized spacial score (nSPS) is 15.9. The molecule has 2 N–H and O–H groups in total. The summed E-state index contributed by atoms with van der Waals surface area (Å²) in [6.07, 6.45) is 5.97. The number of rotatable bonds is 5. The fourth-order valence-corrected chi connectivity index (χ4v) is 4.91. The number of imidazole rings is 1. The average Bonchev–Trinajstić information content (AvgIpc) is 3.44. The predicted octanol–water partition coefficient (Wildman–Crippen LogP) is 4.48. The number of halogens is 2. The molecule has 0 bridgehead atoms. The van der Waals surface area contributed by atoms with E-state index in [0.717, 1.165) is 0 Å². The molecule has 1 aliphatic carbocycles. The summed E-state index contributed by atoms with van der Waals surface area (Å²) in [5.74, 6) is -1.52. The largest absolute Gasteiger partial charge is 0.368 e. The van der Waals surface area contributed by atoms with Crippen molar-refractivity contribution in [1.29, 1.82) is 0 Å². The first-order valence-corrected chi connectivity index (χ1v) is 10.9. The smallest absolute Gasteiger partial charge is 0.259 e. The van der Waals surface area contributed by atoms with Crippen LogP contribution in [0.4, 0.5) is 4.39 Å². The van der Waals surface area contributed by atoms with Gasteiger partial charge >= 0.3 is 0 Å². The Morgan fingerprint density at radius 2 is 1.94 bits per heavy atom. The van der Waals surface area contributed by atoms with Crippen LogP contribution in [0.5, 0.6) is 0 Å². The number of benzene rings is 2. The average molecular weight is 463 g/mol. The first-order valence-electron chi connectivity index (χ1n) is 10.5. The van der Waals surface area contributed by atoms with Crippen molar-refractivity contribution in [3.05, 3.63) is 106 Å². The Balaban J connectivity index is 1.71. The van der Waals surface area contributed by atoms with Crippen LogP contribution in [0.3, 0.4) is 0 Å². The summed E-state index contributed by atoms with van der Waals surface area (Å²) in [5, 5.41) is 0.233. The van der Waals surface area contributed by atoms with E-state index in [1.54, 1.807) is 65.5 Å².